The van der Waals surface area contributed by atoms with Gasteiger partial charge in [-0.3, -0.25) is 0 Å². The molecule has 2 N–H and O–H groups in total. The molecule has 1 aliphatic heterocycles. The molecule has 1 aromatic carbocycles. The predicted molar refractivity (Wildman–Crippen MR) is 58.8 cm³/mol. The van der Waals surface area contributed by atoms with Crippen molar-refractivity contribution in [2.75, 3.05) is 0 Å². The molecule has 1 heterocycles. The molecule has 0 spiro atoms. The monoisotopic (exact) mass is 224 g/mol. The van der Waals surface area contributed by atoms with E-state index in [9.17, 15) is 0 Å². The molecule has 0 bridgehead atoms. The summed E-state index contributed by atoms with van der Waals surface area (Å²) in [4.78, 5) is 1.12. The lowest BCUT2D eigenvalue weighted by Gasteiger charge is -2.16. The Labute approximate surface area is 92.5 Å². The van der Waals surface area contributed by atoms with Gasteiger partial charge in [0.1, 0.15) is 0 Å². The standard InChI is InChI=1S/C10H12N2O2S/c1-7(12-13)4-8-2-3-9-6-11-14-15-10(9)5-8/h2-3,5,11,13H,4,6H2,1H3/b12-7+. The summed E-state index contributed by atoms with van der Waals surface area (Å²) in [6, 6.07) is 6.18. The number of hydrogen-bond donors (Lipinski definition) is 2. The quantitative estimate of drug-likeness (QED) is 0.350. The zero-order chi connectivity index (χ0) is 10.7. The molecule has 0 fully saturated rings. The molecule has 2 rings (SSSR count). The second-order valence-electron chi connectivity index (χ2n) is 3.44. The van der Waals surface area contributed by atoms with Crippen molar-refractivity contribution in [1.29, 1.82) is 0 Å². The van der Waals surface area contributed by atoms with Gasteiger partial charge in [0.25, 0.3) is 0 Å². The van der Waals surface area contributed by atoms with Gasteiger partial charge in [-0.05, 0) is 24.1 Å². The van der Waals surface area contributed by atoms with Gasteiger partial charge in [0, 0.05) is 17.9 Å². The third-order valence-electron chi connectivity index (χ3n) is 2.22. The van der Waals surface area contributed by atoms with Crippen LogP contribution in [0.15, 0.2) is 28.3 Å². The first-order valence-electron chi connectivity index (χ1n) is 4.65. The molecular formula is C10H12N2O2S. The van der Waals surface area contributed by atoms with Crippen LogP contribution in [-0.4, -0.2) is 10.9 Å². The Morgan fingerprint density at radius 1 is 1.67 bits per heavy atom. The van der Waals surface area contributed by atoms with E-state index in [-0.39, 0.29) is 0 Å². The molecule has 5 heteroatoms. The summed E-state index contributed by atoms with van der Waals surface area (Å²) in [5, 5.41) is 11.7. The second kappa shape index (κ2) is 4.65. The molecule has 1 aromatic rings. The van der Waals surface area contributed by atoms with Crippen molar-refractivity contribution in [2.45, 2.75) is 24.8 Å². The molecule has 0 aromatic heterocycles. The van der Waals surface area contributed by atoms with Crippen LogP contribution < -0.4 is 5.48 Å². The summed E-state index contributed by atoms with van der Waals surface area (Å²) >= 11 is 1.32. The minimum absolute atomic E-state index is 0.664. The highest BCUT2D eigenvalue weighted by atomic mass is 32.2. The van der Waals surface area contributed by atoms with Crippen LogP contribution in [-0.2, 0) is 17.2 Å². The van der Waals surface area contributed by atoms with E-state index in [2.05, 4.69) is 22.8 Å². The van der Waals surface area contributed by atoms with E-state index in [1.165, 1.54) is 17.6 Å². The summed E-state index contributed by atoms with van der Waals surface area (Å²) in [5.74, 6) is 0. The average Bonchev–Trinajstić information content (AvgIpc) is 2.29. The van der Waals surface area contributed by atoms with Crippen molar-refractivity contribution >= 4 is 17.8 Å². The van der Waals surface area contributed by atoms with Crippen LogP contribution in [0.2, 0.25) is 0 Å². The third-order valence-corrected chi connectivity index (χ3v) is 2.98. The summed E-state index contributed by atoms with van der Waals surface area (Å²) in [7, 11) is 0. The fraction of sp³-hybridized carbons (Fsp3) is 0.300. The lowest BCUT2D eigenvalue weighted by atomic mass is 10.1. The summed E-state index contributed by atoms with van der Waals surface area (Å²) in [5.41, 5.74) is 5.87. The molecule has 0 amide bonds. The lowest BCUT2D eigenvalue weighted by Crippen LogP contribution is -2.15. The number of oxime groups is 1. The second-order valence-corrected chi connectivity index (χ2v) is 4.22. The van der Waals surface area contributed by atoms with Crippen LogP contribution in [0.4, 0.5) is 0 Å². The molecule has 1 aliphatic rings. The zero-order valence-electron chi connectivity index (χ0n) is 8.36. The molecule has 0 aliphatic carbocycles. The van der Waals surface area contributed by atoms with E-state index in [0.717, 1.165) is 17.0 Å². The zero-order valence-corrected chi connectivity index (χ0v) is 9.17. The Morgan fingerprint density at radius 3 is 3.33 bits per heavy atom. The van der Waals surface area contributed by atoms with E-state index in [0.29, 0.717) is 12.1 Å². The van der Waals surface area contributed by atoms with Crippen molar-refractivity contribution < 1.29 is 9.49 Å². The largest absolute Gasteiger partial charge is 0.411 e. The number of nitrogens with zero attached hydrogens (tertiary/aromatic N) is 1. The predicted octanol–water partition coefficient (Wildman–Crippen LogP) is 2.12. The first-order valence-corrected chi connectivity index (χ1v) is 5.39. The van der Waals surface area contributed by atoms with Gasteiger partial charge in [-0.1, -0.05) is 17.3 Å². The smallest absolute Gasteiger partial charge is 0.0583 e. The van der Waals surface area contributed by atoms with E-state index in [1.54, 1.807) is 6.92 Å². The molecule has 15 heavy (non-hydrogen) atoms. The number of rotatable bonds is 2. The number of benzene rings is 1. The third kappa shape index (κ3) is 2.50. The highest BCUT2D eigenvalue weighted by Gasteiger charge is 2.10. The summed E-state index contributed by atoms with van der Waals surface area (Å²) < 4.78 is 5.07. The maximum Gasteiger partial charge on any atom is 0.0583 e. The maximum atomic E-state index is 8.58. The molecule has 0 radical (unpaired) electrons. The summed E-state index contributed by atoms with van der Waals surface area (Å²) in [6.07, 6.45) is 0.664. The molecule has 0 atom stereocenters. The fourth-order valence-electron chi connectivity index (χ4n) is 1.44. The summed E-state index contributed by atoms with van der Waals surface area (Å²) in [6.45, 7) is 2.53. The average molecular weight is 224 g/mol. The van der Waals surface area contributed by atoms with E-state index < -0.39 is 0 Å². The van der Waals surface area contributed by atoms with Crippen LogP contribution in [0.1, 0.15) is 18.1 Å². The highest BCUT2D eigenvalue weighted by molar-refractivity contribution is 7.94. The fourth-order valence-corrected chi connectivity index (χ4v) is 2.10. The number of hydrogen-bond acceptors (Lipinski definition) is 5. The Hall–Kier alpha value is -1.04. The van der Waals surface area contributed by atoms with Gasteiger partial charge in [0.05, 0.1) is 17.8 Å². The first kappa shape index (κ1) is 10.5. The van der Waals surface area contributed by atoms with E-state index in [1.807, 2.05) is 6.07 Å². The van der Waals surface area contributed by atoms with Gasteiger partial charge in [0.15, 0.2) is 0 Å². The number of fused-ring (bicyclic) bond motifs is 1. The lowest BCUT2D eigenvalue weighted by molar-refractivity contribution is 0.223. The van der Waals surface area contributed by atoms with Crippen LogP contribution >= 0.6 is 12.0 Å². The Morgan fingerprint density at radius 2 is 2.53 bits per heavy atom. The Balaban J connectivity index is 2.20. The molecule has 0 saturated heterocycles. The van der Waals surface area contributed by atoms with Crippen molar-refractivity contribution in [1.82, 2.24) is 5.48 Å². The Kier molecular flexibility index (Phi) is 3.25. The van der Waals surface area contributed by atoms with Gasteiger partial charge in [-0.2, -0.15) is 5.48 Å². The first-order chi connectivity index (χ1) is 7.29. The maximum absolute atomic E-state index is 8.58. The van der Waals surface area contributed by atoms with Crippen molar-refractivity contribution in [3.8, 4) is 0 Å². The van der Waals surface area contributed by atoms with Gasteiger partial charge >= 0.3 is 0 Å². The van der Waals surface area contributed by atoms with Crippen molar-refractivity contribution in [3.05, 3.63) is 29.3 Å². The van der Waals surface area contributed by atoms with Gasteiger partial charge in [-0.15, -0.1) is 0 Å². The minimum atomic E-state index is 0.664. The van der Waals surface area contributed by atoms with Crippen molar-refractivity contribution in [2.24, 2.45) is 5.16 Å². The molecule has 80 valence electrons. The van der Waals surface area contributed by atoms with Crippen LogP contribution in [0, 0.1) is 0 Å². The van der Waals surface area contributed by atoms with E-state index >= 15 is 0 Å². The topological polar surface area (TPSA) is 53.8 Å². The normalized spacial score (nSPS) is 16.2. The van der Waals surface area contributed by atoms with Crippen molar-refractivity contribution in [3.63, 3.8) is 0 Å². The van der Waals surface area contributed by atoms with Gasteiger partial charge in [-0.25, -0.2) is 4.28 Å². The van der Waals surface area contributed by atoms with Crippen LogP contribution in [0.25, 0.3) is 0 Å². The molecule has 0 saturated carbocycles. The molecular weight excluding hydrogens is 212 g/mol. The van der Waals surface area contributed by atoms with Gasteiger partial charge < -0.3 is 5.21 Å². The Bertz CT molecular complexity index is 393. The minimum Gasteiger partial charge on any atom is -0.411 e. The number of hydroxylamine groups is 1. The molecule has 4 nitrogen and oxygen atoms in total. The van der Waals surface area contributed by atoms with E-state index in [4.69, 9.17) is 9.49 Å². The van der Waals surface area contributed by atoms with Crippen LogP contribution in [0.3, 0.4) is 0 Å². The molecule has 0 unspecified atom stereocenters. The van der Waals surface area contributed by atoms with Gasteiger partial charge in [0.2, 0.25) is 0 Å². The SMILES string of the molecule is C/C(Cc1ccc2c(c1)SONC2)=N\O. The highest BCUT2D eigenvalue weighted by Crippen LogP contribution is 2.27. The number of nitrogens with one attached hydrogen (secondary N) is 1. The van der Waals surface area contributed by atoms with Crippen LogP contribution in [0.5, 0.6) is 0 Å².